The second-order valence-electron chi connectivity index (χ2n) is 20.9. The summed E-state index contributed by atoms with van der Waals surface area (Å²) in [5.41, 5.74) is 0. The predicted octanol–water partition coefficient (Wildman–Crippen LogP) is 22.2. The molecule has 0 heterocycles. The molecule has 1 atom stereocenters. The number of rotatable bonds is 57. The van der Waals surface area contributed by atoms with Gasteiger partial charge in [0, 0.05) is 19.3 Å². The van der Waals surface area contributed by atoms with Crippen molar-refractivity contribution in [2.45, 2.75) is 290 Å². The molecule has 0 aromatic carbocycles. The first kappa shape index (κ1) is 73.5. The minimum absolute atomic E-state index is 0.0907. The minimum Gasteiger partial charge on any atom is -0.462 e. The highest BCUT2D eigenvalue weighted by molar-refractivity contribution is 5.71. The number of unbranched alkanes of at least 4 members (excludes halogenated alkanes) is 24. The maximum Gasteiger partial charge on any atom is 0.306 e. The summed E-state index contributed by atoms with van der Waals surface area (Å²) in [5, 5.41) is 0. The summed E-state index contributed by atoms with van der Waals surface area (Å²) in [4.78, 5) is 38.2. The fraction of sp³-hybridized carbons (Fsp3) is 0.653. The van der Waals surface area contributed by atoms with Gasteiger partial charge in [0.2, 0.25) is 0 Å². The van der Waals surface area contributed by atoms with Crippen LogP contribution < -0.4 is 0 Å². The third-order valence-corrected chi connectivity index (χ3v) is 13.4. The molecule has 0 N–H and O–H groups in total. The lowest BCUT2D eigenvalue weighted by molar-refractivity contribution is -0.167. The smallest absolute Gasteiger partial charge is 0.306 e. The molecule has 0 spiro atoms. The largest absolute Gasteiger partial charge is 0.462 e. The van der Waals surface area contributed by atoms with Crippen molar-refractivity contribution in [3.63, 3.8) is 0 Å². The molecule has 0 aromatic heterocycles. The van der Waals surface area contributed by atoms with Gasteiger partial charge in [0.1, 0.15) is 13.2 Å². The van der Waals surface area contributed by atoms with Crippen LogP contribution in [0.2, 0.25) is 0 Å². The van der Waals surface area contributed by atoms with Crippen molar-refractivity contribution in [2.75, 3.05) is 13.2 Å². The average Bonchev–Trinajstić information content (AvgIpc) is 3.44. The molecule has 1 unspecified atom stereocenters. The molecule has 0 fully saturated rings. The van der Waals surface area contributed by atoms with Crippen LogP contribution in [0.4, 0.5) is 0 Å². The fourth-order valence-corrected chi connectivity index (χ4v) is 8.58. The standard InChI is InChI=1S/C72H118O6/c1-4-7-10-13-16-19-22-25-26-27-28-29-30-31-32-33-34-35-36-37-38-39-40-41-42-43-44-45-46-48-50-53-56-59-62-65-71(74)77-68-69(67-76-70(73)64-61-58-55-52-49-24-21-18-15-12-9-6-3)78-72(75)66-63-60-57-54-51-47-23-20-17-14-11-8-5-2/h7,10,16,18-19,21,25-26,28-29,31-32,34-35,37-38,40-41,43-44,46,48,69H,4-6,8-9,11-15,17,20,22-24,27,30,33,36,39,42,45,47,49-68H2,1-3H3/b10-7-,19-16-,21-18-,26-25-,29-28-,32-31-,35-34-,38-37-,41-40-,44-43-,48-46-. The molecule has 0 rings (SSSR count). The van der Waals surface area contributed by atoms with Gasteiger partial charge in [-0.15, -0.1) is 0 Å². The van der Waals surface area contributed by atoms with E-state index in [-0.39, 0.29) is 31.1 Å². The Balaban J connectivity index is 4.27. The molecule has 6 nitrogen and oxygen atoms in total. The number of carbonyl (C=O) groups excluding carboxylic acids is 3. The summed E-state index contributed by atoms with van der Waals surface area (Å²) in [6, 6.07) is 0. The molecule has 0 radical (unpaired) electrons. The number of hydrogen-bond donors (Lipinski definition) is 0. The van der Waals surface area contributed by atoms with Crippen molar-refractivity contribution < 1.29 is 28.6 Å². The van der Waals surface area contributed by atoms with Gasteiger partial charge in [-0.3, -0.25) is 14.4 Å². The van der Waals surface area contributed by atoms with E-state index in [1.165, 1.54) is 103 Å². The maximum absolute atomic E-state index is 12.8. The summed E-state index contributed by atoms with van der Waals surface area (Å²) >= 11 is 0. The molecule has 78 heavy (non-hydrogen) atoms. The Hall–Kier alpha value is -4.45. The SMILES string of the molecule is CC/C=C\C/C=C\C/C=C\C/C=C\C/C=C\C/C=C\C/C=C\C/C=C\C/C=C\C/C=C\CCCCCCC(=O)OCC(COC(=O)CCCCCCC/C=C\CCCCC)OC(=O)CCCCCCCCCCCCCCC. The predicted molar refractivity (Wildman–Crippen MR) is 339 cm³/mol. The van der Waals surface area contributed by atoms with E-state index < -0.39 is 6.10 Å². The Morgan fingerprint density at radius 3 is 0.821 bits per heavy atom. The molecule has 0 aliphatic rings. The average molecular weight is 1080 g/mol. The van der Waals surface area contributed by atoms with Crippen LogP contribution >= 0.6 is 0 Å². The molecule has 0 amide bonds. The quantitative estimate of drug-likeness (QED) is 0.0261. The van der Waals surface area contributed by atoms with Gasteiger partial charge in [-0.05, 0) is 122 Å². The second-order valence-corrected chi connectivity index (χ2v) is 20.9. The summed E-state index contributed by atoms with van der Waals surface area (Å²) < 4.78 is 16.8. The Labute approximate surface area is 481 Å². The molecule has 0 saturated heterocycles. The lowest BCUT2D eigenvalue weighted by Crippen LogP contribution is -2.30. The lowest BCUT2D eigenvalue weighted by Gasteiger charge is -2.18. The van der Waals surface area contributed by atoms with Gasteiger partial charge in [0.15, 0.2) is 6.10 Å². The Kier molecular flexibility index (Phi) is 61.4. The van der Waals surface area contributed by atoms with Crippen LogP contribution in [0.3, 0.4) is 0 Å². The zero-order chi connectivity index (χ0) is 56.4. The van der Waals surface area contributed by atoms with Crippen LogP contribution in [-0.4, -0.2) is 37.2 Å². The van der Waals surface area contributed by atoms with E-state index in [0.717, 1.165) is 141 Å². The summed E-state index contributed by atoms with van der Waals surface area (Å²) in [5.74, 6) is -0.923. The number of allylic oxidation sites excluding steroid dienone is 22. The van der Waals surface area contributed by atoms with Crippen LogP contribution in [0.25, 0.3) is 0 Å². The third-order valence-electron chi connectivity index (χ3n) is 13.4. The molecule has 0 saturated carbocycles. The van der Waals surface area contributed by atoms with Gasteiger partial charge < -0.3 is 14.2 Å². The van der Waals surface area contributed by atoms with E-state index >= 15 is 0 Å². The summed E-state index contributed by atoms with van der Waals surface area (Å²) in [7, 11) is 0. The Bertz CT molecular complexity index is 1670. The lowest BCUT2D eigenvalue weighted by atomic mass is 10.0. The fourth-order valence-electron chi connectivity index (χ4n) is 8.58. The van der Waals surface area contributed by atoms with Crippen molar-refractivity contribution in [1.29, 1.82) is 0 Å². The topological polar surface area (TPSA) is 78.9 Å². The first-order valence-corrected chi connectivity index (χ1v) is 32.2. The molecule has 0 aliphatic heterocycles. The van der Waals surface area contributed by atoms with Gasteiger partial charge in [-0.1, -0.05) is 276 Å². The molecule has 6 heteroatoms. The van der Waals surface area contributed by atoms with E-state index in [0.29, 0.717) is 19.3 Å². The highest BCUT2D eigenvalue weighted by atomic mass is 16.6. The van der Waals surface area contributed by atoms with E-state index in [1.54, 1.807) is 0 Å². The van der Waals surface area contributed by atoms with Crippen molar-refractivity contribution >= 4 is 17.9 Å². The number of ether oxygens (including phenoxy) is 3. The third kappa shape index (κ3) is 62.4. The number of hydrogen-bond acceptors (Lipinski definition) is 6. The number of carbonyl (C=O) groups is 3. The molecular weight excluding hydrogens is 961 g/mol. The van der Waals surface area contributed by atoms with Crippen LogP contribution in [0.15, 0.2) is 134 Å². The van der Waals surface area contributed by atoms with E-state index in [9.17, 15) is 14.4 Å². The van der Waals surface area contributed by atoms with Gasteiger partial charge in [0.05, 0.1) is 0 Å². The Morgan fingerprint density at radius 2 is 0.500 bits per heavy atom. The van der Waals surface area contributed by atoms with E-state index in [1.807, 2.05) is 0 Å². The van der Waals surface area contributed by atoms with Crippen molar-refractivity contribution in [2.24, 2.45) is 0 Å². The molecule has 0 aromatic rings. The summed E-state index contributed by atoms with van der Waals surface area (Å²) in [6.45, 7) is 6.48. The van der Waals surface area contributed by atoms with Gasteiger partial charge in [-0.2, -0.15) is 0 Å². The Morgan fingerprint density at radius 1 is 0.269 bits per heavy atom. The van der Waals surface area contributed by atoms with E-state index in [2.05, 4.69) is 154 Å². The molecule has 0 bridgehead atoms. The zero-order valence-electron chi connectivity index (χ0n) is 50.6. The van der Waals surface area contributed by atoms with Crippen LogP contribution in [-0.2, 0) is 28.6 Å². The molecule has 0 aliphatic carbocycles. The minimum atomic E-state index is -0.793. The second kappa shape index (κ2) is 65.1. The van der Waals surface area contributed by atoms with Gasteiger partial charge in [-0.25, -0.2) is 0 Å². The summed E-state index contributed by atoms with van der Waals surface area (Å²) in [6.07, 6.45) is 91.8. The monoisotopic (exact) mass is 1080 g/mol. The van der Waals surface area contributed by atoms with Crippen molar-refractivity contribution in [3.8, 4) is 0 Å². The van der Waals surface area contributed by atoms with Crippen molar-refractivity contribution in [1.82, 2.24) is 0 Å². The first-order valence-electron chi connectivity index (χ1n) is 32.2. The highest BCUT2D eigenvalue weighted by Gasteiger charge is 2.19. The molecule has 442 valence electrons. The van der Waals surface area contributed by atoms with Crippen LogP contribution in [0.1, 0.15) is 284 Å². The zero-order valence-corrected chi connectivity index (χ0v) is 50.6. The van der Waals surface area contributed by atoms with Crippen LogP contribution in [0, 0.1) is 0 Å². The number of esters is 3. The van der Waals surface area contributed by atoms with E-state index in [4.69, 9.17) is 14.2 Å². The van der Waals surface area contributed by atoms with Gasteiger partial charge in [0.25, 0.3) is 0 Å². The van der Waals surface area contributed by atoms with Crippen molar-refractivity contribution in [3.05, 3.63) is 134 Å². The highest BCUT2D eigenvalue weighted by Crippen LogP contribution is 2.15. The van der Waals surface area contributed by atoms with Gasteiger partial charge >= 0.3 is 17.9 Å². The first-order chi connectivity index (χ1) is 38.5. The maximum atomic E-state index is 12.8. The molecular formula is C72H118O6. The normalized spacial score (nSPS) is 13.0. The van der Waals surface area contributed by atoms with Crippen LogP contribution in [0.5, 0.6) is 0 Å².